The number of benzene rings is 2. The van der Waals surface area contributed by atoms with Gasteiger partial charge in [-0.05, 0) is 29.8 Å². The van der Waals surface area contributed by atoms with Gasteiger partial charge in [0.15, 0.2) is 0 Å². The molecule has 2 rings (SSSR count). The molecular formula is C15H14ClNO. The zero-order valence-corrected chi connectivity index (χ0v) is 10.9. The average molecular weight is 260 g/mol. The fourth-order valence-corrected chi connectivity index (χ4v) is 1.90. The third-order valence-corrected chi connectivity index (χ3v) is 2.95. The van der Waals surface area contributed by atoms with E-state index >= 15 is 0 Å². The Bertz CT molecular complexity index is 522. The van der Waals surface area contributed by atoms with Gasteiger partial charge in [-0.2, -0.15) is 0 Å². The lowest BCUT2D eigenvalue weighted by Gasteiger charge is -2.21. The summed E-state index contributed by atoms with van der Waals surface area (Å²) in [4.78, 5) is 13.5. The van der Waals surface area contributed by atoms with Gasteiger partial charge in [0.25, 0.3) is 0 Å². The van der Waals surface area contributed by atoms with Gasteiger partial charge in [-0.25, -0.2) is 0 Å². The first-order valence-electron chi connectivity index (χ1n) is 5.74. The molecule has 0 aliphatic heterocycles. The predicted molar refractivity (Wildman–Crippen MR) is 74.8 cm³/mol. The van der Waals surface area contributed by atoms with Gasteiger partial charge in [-0.3, -0.25) is 4.79 Å². The number of nitrogens with zero attached hydrogens (tertiary/aromatic N) is 1. The number of hydrogen-bond donors (Lipinski definition) is 0. The molecular weight excluding hydrogens is 246 g/mol. The van der Waals surface area contributed by atoms with E-state index in [4.69, 9.17) is 11.6 Å². The van der Waals surface area contributed by atoms with Gasteiger partial charge in [0.2, 0.25) is 5.91 Å². The van der Waals surface area contributed by atoms with E-state index in [1.807, 2.05) is 42.5 Å². The Balaban J connectivity index is 2.24. The van der Waals surface area contributed by atoms with Crippen molar-refractivity contribution < 1.29 is 4.79 Å². The maximum atomic E-state index is 11.7. The Morgan fingerprint density at radius 2 is 1.67 bits per heavy atom. The van der Waals surface area contributed by atoms with Crippen LogP contribution >= 0.6 is 11.6 Å². The molecule has 0 N–H and O–H groups in total. The molecule has 92 valence electrons. The first kappa shape index (κ1) is 12.7. The highest BCUT2D eigenvalue weighted by molar-refractivity contribution is 6.30. The van der Waals surface area contributed by atoms with Crippen molar-refractivity contribution in [1.82, 2.24) is 0 Å². The smallest absolute Gasteiger partial charge is 0.224 e. The minimum Gasteiger partial charge on any atom is -0.308 e. The second-order valence-electron chi connectivity index (χ2n) is 4.07. The number of amides is 1. The summed E-state index contributed by atoms with van der Waals surface area (Å²) in [5, 5.41) is 0.668. The molecule has 0 aromatic heterocycles. The van der Waals surface area contributed by atoms with Crippen LogP contribution in [0.4, 0.5) is 5.69 Å². The average Bonchev–Trinajstić information content (AvgIpc) is 2.38. The minimum atomic E-state index is 0.0150. The molecule has 0 fully saturated rings. The third-order valence-electron chi connectivity index (χ3n) is 2.70. The summed E-state index contributed by atoms with van der Waals surface area (Å²) in [7, 11) is 0. The van der Waals surface area contributed by atoms with Crippen LogP contribution in [-0.2, 0) is 11.3 Å². The molecule has 0 heterocycles. The zero-order valence-electron chi connectivity index (χ0n) is 10.1. The van der Waals surface area contributed by atoms with E-state index in [9.17, 15) is 4.79 Å². The molecule has 0 unspecified atom stereocenters. The van der Waals surface area contributed by atoms with Gasteiger partial charge >= 0.3 is 0 Å². The summed E-state index contributed by atoms with van der Waals surface area (Å²) in [5.41, 5.74) is 1.96. The topological polar surface area (TPSA) is 20.3 Å². The Hall–Kier alpha value is -1.80. The van der Waals surface area contributed by atoms with Crippen molar-refractivity contribution in [3.8, 4) is 0 Å². The summed E-state index contributed by atoms with van der Waals surface area (Å²) in [6.07, 6.45) is 0. The van der Waals surface area contributed by atoms with Crippen molar-refractivity contribution in [3.05, 3.63) is 65.2 Å². The maximum absolute atomic E-state index is 11.7. The predicted octanol–water partition coefficient (Wildman–Crippen LogP) is 3.89. The lowest BCUT2D eigenvalue weighted by Crippen LogP contribution is -2.27. The number of anilines is 1. The monoisotopic (exact) mass is 259 g/mol. The minimum absolute atomic E-state index is 0.0150. The summed E-state index contributed by atoms with van der Waals surface area (Å²) in [5.74, 6) is 0.0150. The van der Waals surface area contributed by atoms with Gasteiger partial charge in [0.05, 0.1) is 6.54 Å². The fourth-order valence-electron chi connectivity index (χ4n) is 1.77. The first-order valence-corrected chi connectivity index (χ1v) is 6.12. The summed E-state index contributed by atoms with van der Waals surface area (Å²) >= 11 is 5.85. The first-order chi connectivity index (χ1) is 8.66. The van der Waals surface area contributed by atoms with Gasteiger partial charge < -0.3 is 4.90 Å². The molecule has 3 heteroatoms. The van der Waals surface area contributed by atoms with Crippen LogP contribution in [0.3, 0.4) is 0 Å². The summed E-state index contributed by atoms with van der Waals surface area (Å²) < 4.78 is 0. The van der Waals surface area contributed by atoms with Crippen LogP contribution in [0, 0.1) is 0 Å². The van der Waals surface area contributed by atoms with E-state index < -0.39 is 0 Å². The molecule has 0 aliphatic rings. The molecule has 0 saturated heterocycles. The SMILES string of the molecule is CC(=O)N(Cc1ccccc1)c1ccc(Cl)cc1. The normalized spacial score (nSPS) is 10.1. The van der Waals surface area contributed by atoms with Crippen LogP contribution in [0.2, 0.25) is 5.02 Å². The van der Waals surface area contributed by atoms with Crippen LogP contribution in [0.5, 0.6) is 0 Å². The second kappa shape index (κ2) is 5.69. The molecule has 2 aromatic rings. The highest BCUT2D eigenvalue weighted by Crippen LogP contribution is 2.20. The third kappa shape index (κ3) is 3.11. The van der Waals surface area contributed by atoms with Crippen molar-refractivity contribution in [2.75, 3.05) is 4.90 Å². The summed E-state index contributed by atoms with van der Waals surface area (Å²) in [6.45, 7) is 2.13. The number of halogens is 1. The van der Waals surface area contributed by atoms with E-state index in [1.165, 1.54) is 0 Å². The van der Waals surface area contributed by atoms with Crippen LogP contribution < -0.4 is 4.90 Å². The van der Waals surface area contributed by atoms with Crippen LogP contribution in [0.15, 0.2) is 54.6 Å². The maximum Gasteiger partial charge on any atom is 0.224 e. The number of hydrogen-bond acceptors (Lipinski definition) is 1. The lowest BCUT2D eigenvalue weighted by molar-refractivity contribution is -0.116. The standard InChI is InChI=1S/C15H14ClNO/c1-12(18)17(11-13-5-3-2-4-6-13)15-9-7-14(16)8-10-15/h2-10H,11H2,1H3. The van der Waals surface area contributed by atoms with Crippen LogP contribution in [-0.4, -0.2) is 5.91 Å². The molecule has 0 aliphatic carbocycles. The number of carbonyl (C=O) groups excluding carboxylic acids is 1. The van der Waals surface area contributed by atoms with E-state index in [-0.39, 0.29) is 5.91 Å². The molecule has 1 amide bonds. The largest absolute Gasteiger partial charge is 0.308 e. The van der Waals surface area contributed by atoms with Gasteiger partial charge in [0.1, 0.15) is 0 Å². The van der Waals surface area contributed by atoms with Crippen molar-refractivity contribution in [2.45, 2.75) is 13.5 Å². The van der Waals surface area contributed by atoms with Crippen LogP contribution in [0.1, 0.15) is 12.5 Å². The van der Waals surface area contributed by atoms with Crippen molar-refractivity contribution >= 4 is 23.2 Å². The fraction of sp³-hybridized carbons (Fsp3) is 0.133. The molecule has 2 nitrogen and oxygen atoms in total. The molecule has 0 bridgehead atoms. The van der Waals surface area contributed by atoms with E-state index in [2.05, 4.69) is 0 Å². The molecule has 18 heavy (non-hydrogen) atoms. The molecule has 0 radical (unpaired) electrons. The van der Waals surface area contributed by atoms with E-state index in [0.29, 0.717) is 11.6 Å². The molecule has 0 atom stereocenters. The Labute approximate surface area is 112 Å². The lowest BCUT2D eigenvalue weighted by atomic mass is 10.2. The van der Waals surface area contributed by atoms with Crippen molar-refractivity contribution in [2.24, 2.45) is 0 Å². The van der Waals surface area contributed by atoms with Gasteiger partial charge in [0, 0.05) is 17.6 Å². The van der Waals surface area contributed by atoms with Crippen molar-refractivity contribution in [3.63, 3.8) is 0 Å². The van der Waals surface area contributed by atoms with Crippen molar-refractivity contribution in [1.29, 1.82) is 0 Å². The molecule has 0 spiro atoms. The van der Waals surface area contributed by atoms with E-state index in [0.717, 1.165) is 11.3 Å². The Kier molecular flexibility index (Phi) is 4.00. The Morgan fingerprint density at radius 3 is 2.22 bits per heavy atom. The van der Waals surface area contributed by atoms with Gasteiger partial charge in [-0.1, -0.05) is 41.9 Å². The molecule has 0 saturated carbocycles. The highest BCUT2D eigenvalue weighted by atomic mass is 35.5. The van der Waals surface area contributed by atoms with E-state index in [1.54, 1.807) is 24.0 Å². The summed E-state index contributed by atoms with van der Waals surface area (Å²) in [6, 6.07) is 17.2. The zero-order chi connectivity index (χ0) is 13.0. The quantitative estimate of drug-likeness (QED) is 0.819. The van der Waals surface area contributed by atoms with Crippen LogP contribution in [0.25, 0.3) is 0 Å². The second-order valence-corrected chi connectivity index (χ2v) is 4.50. The molecule has 2 aromatic carbocycles. The number of carbonyl (C=O) groups is 1. The Morgan fingerprint density at radius 1 is 1.06 bits per heavy atom. The highest BCUT2D eigenvalue weighted by Gasteiger charge is 2.11. The van der Waals surface area contributed by atoms with Gasteiger partial charge in [-0.15, -0.1) is 0 Å². The number of rotatable bonds is 3.